The number of benzene rings is 1. The largest absolute Gasteiger partial charge is 0.394 e. The van der Waals surface area contributed by atoms with Gasteiger partial charge in [-0.3, -0.25) is 9.63 Å². The maximum absolute atomic E-state index is 12.6. The second-order valence-corrected chi connectivity index (χ2v) is 16.5. The highest BCUT2D eigenvalue weighted by atomic mass is 16.7. The first-order chi connectivity index (χ1) is 28.3. The molecule has 7 N–H and O–H groups in total. The summed E-state index contributed by atoms with van der Waals surface area (Å²) in [4.78, 5) is 18.2. The van der Waals surface area contributed by atoms with E-state index in [9.17, 15) is 35.4 Å². The van der Waals surface area contributed by atoms with E-state index < -0.39 is 62.2 Å². The predicted molar refractivity (Wildman–Crippen MR) is 227 cm³/mol. The van der Waals surface area contributed by atoms with Gasteiger partial charge >= 0.3 is 0 Å². The van der Waals surface area contributed by atoms with Crippen molar-refractivity contribution in [2.75, 3.05) is 26.4 Å². The molecule has 338 valence electrons. The molecule has 12 nitrogen and oxygen atoms in total. The van der Waals surface area contributed by atoms with Gasteiger partial charge in [0.05, 0.1) is 19.8 Å². The second-order valence-electron chi connectivity index (χ2n) is 16.5. The van der Waals surface area contributed by atoms with Crippen LogP contribution in [-0.4, -0.2) is 112 Å². The second kappa shape index (κ2) is 34.9. The molecule has 8 atom stereocenters. The highest BCUT2D eigenvalue weighted by Gasteiger charge is 2.44. The predicted octanol–water partition coefficient (Wildman–Crippen LogP) is 6.97. The van der Waals surface area contributed by atoms with Crippen LogP contribution in [0.5, 0.6) is 0 Å². The van der Waals surface area contributed by atoms with Crippen LogP contribution in [0.15, 0.2) is 30.3 Å². The van der Waals surface area contributed by atoms with Gasteiger partial charge in [-0.15, -0.1) is 0 Å². The third-order valence-electron chi connectivity index (χ3n) is 11.3. The first kappa shape index (κ1) is 52.4. The molecule has 1 aliphatic rings. The van der Waals surface area contributed by atoms with Crippen molar-refractivity contribution < 1.29 is 54.5 Å². The first-order valence-corrected chi connectivity index (χ1v) is 23.1. The van der Waals surface area contributed by atoms with Crippen LogP contribution in [0.2, 0.25) is 0 Å². The molecule has 1 amide bonds. The number of amides is 1. The molecule has 0 unspecified atom stereocenters. The molecule has 0 saturated carbocycles. The van der Waals surface area contributed by atoms with Gasteiger partial charge in [-0.2, -0.15) is 0 Å². The SMILES string of the molecule is CCCCCCCCCCCCCCCCCCCCCCCCCC(=O)NO[C@@H](CO[C@H]1O[C@H](CO)[C@H](O)[C@H](O)[C@H]1O)[C@H](O)[C@H](O)COCCCc1ccccc1. The Labute approximate surface area is 350 Å². The van der Waals surface area contributed by atoms with Crippen LogP contribution in [0.3, 0.4) is 0 Å². The molecular weight excluding hydrogens is 743 g/mol. The number of carbonyl (C=O) groups is 1. The minimum atomic E-state index is -1.66. The molecule has 0 aromatic heterocycles. The highest BCUT2D eigenvalue weighted by Crippen LogP contribution is 2.23. The average Bonchev–Trinajstić information content (AvgIpc) is 3.23. The lowest BCUT2D eigenvalue weighted by atomic mass is 9.99. The fourth-order valence-corrected chi connectivity index (χ4v) is 7.43. The van der Waals surface area contributed by atoms with E-state index in [4.69, 9.17) is 19.0 Å². The van der Waals surface area contributed by atoms with Gasteiger partial charge in [0.2, 0.25) is 5.91 Å². The molecule has 2 rings (SSSR count). The van der Waals surface area contributed by atoms with Crippen LogP contribution in [0.1, 0.15) is 173 Å². The Morgan fingerprint density at radius 3 is 1.67 bits per heavy atom. The van der Waals surface area contributed by atoms with Crippen molar-refractivity contribution >= 4 is 5.91 Å². The molecule has 1 saturated heterocycles. The number of aliphatic hydroxyl groups excluding tert-OH is 6. The molecule has 1 fully saturated rings. The van der Waals surface area contributed by atoms with Crippen molar-refractivity contribution in [2.45, 2.75) is 223 Å². The first-order valence-electron chi connectivity index (χ1n) is 23.1. The molecular formula is C46H83NO11. The van der Waals surface area contributed by atoms with Gasteiger partial charge in [0.15, 0.2) is 6.29 Å². The van der Waals surface area contributed by atoms with Gasteiger partial charge in [-0.25, -0.2) is 5.48 Å². The van der Waals surface area contributed by atoms with Crippen molar-refractivity contribution in [1.82, 2.24) is 5.48 Å². The molecule has 12 heteroatoms. The summed E-state index contributed by atoms with van der Waals surface area (Å²) >= 11 is 0. The minimum absolute atomic E-state index is 0.205. The Morgan fingerprint density at radius 2 is 1.17 bits per heavy atom. The molecule has 58 heavy (non-hydrogen) atoms. The molecule has 1 aliphatic heterocycles. The van der Waals surface area contributed by atoms with E-state index >= 15 is 0 Å². The lowest BCUT2D eigenvalue weighted by Gasteiger charge is -2.40. The lowest BCUT2D eigenvalue weighted by molar-refractivity contribution is -0.309. The summed E-state index contributed by atoms with van der Waals surface area (Å²) in [5.74, 6) is -0.389. The summed E-state index contributed by atoms with van der Waals surface area (Å²) in [5, 5.41) is 61.7. The Bertz CT molecular complexity index is 1080. The van der Waals surface area contributed by atoms with E-state index in [0.29, 0.717) is 19.4 Å². The molecule has 1 aromatic carbocycles. The Balaban J connectivity index is 1.56. The van der Waals surface area contributed by atoms with E-state index in [-0.39, 0.29) is 18.9 Å². The summed E-state index contributed by atoms with van der Waals surface area (Å²) in [6, 6.07) is 9.92. The maximum atomic E-state index is 12.6. The summed E-state index contributed by atoms with van der Waals surface area (Å²) in [6.07, 6.45) is 19.7. The summed E-state index contributed by atoms with van der Waals surface area (Å²) in [5.41, 5.74) is 3.51. The van der Waals surface area contributed by atoms with Crippen molar-refractivity contribution in [3.05, 3.63) is 35.9 Å². The quantitative estimate of drug-likeness (QED) is 0.0270. The molecule has 1 heterocycles. The number of aryl methyl sites for hydroxylation is 1. The summed E-state index contributed by atoms with van der Waals surface area (Å²) in [6.45, 7) is 1.31. The zero-order chi connectivity index (χ0) is 42.1. The third-order valence-corrected chi connectivity index (χ3v) is 11.3. The van der Waals surface area contributed by atoms with Crippen LogP contribution in [-0.2, 0) is 30.3 Å². The Hall–Kier alpha value is -1.71. The molecule has 0 bridgehead atoms. The van der Waals surface area contributed by atoms with Gasteiger partial charge in [-0.05, 0) is 24.8 Å². The average molecular weight is 826 g/mol. The van der Waals surface area contributed by atoms with Gasteiger partial charge in [0.25, 0.3) is 0 Å². The zero-order valence-electron chi connectivity index (χ0n) is 35.9. The number of nitrogens with one attached hydrogen (secondary N) is 1. The van der Waals surface area contributed by atoms with Gasteiger partial charge in [0, 0.05) is 13.0 Å². The van der Waals surface area contributed by atoms with Crippen LogP contribution >= 0.6 is 0 Å². The van der Waals surface area contributed by atoms with Crippen molar-refractivity contribution in [1.29, 1.82) is 0 Å². The van der Waals surface area contributed by atoms with Crippen molar-refractivity contribution in [2.24, 2.45) is 0 Å². The van der Waals surface area contributed by atoms with Crippen LogP contribution < -0.4 is 5.48 Å². The number of ether oxygens (including phenoxy) is 3. The Kier molecular flexibility index (Phi) is 31.6. The van der Waals surface area contributed by atoms with Crippen molar-refractivity contribution in [3.63, 3.8) is 0 Å². The van der Waals surface area contributed by atoms with E-state index in [0.717, 1.165) is 31.2 Å². The number of carbonyl (C=O) groups excluding carboxylic acids is 1. The number of hydrogen-bond donors (Lipinski definition) is 7. The molecule has 1 aromatic rings. The smallest absolute Gasteiger partial charge is 0.243 e. The van der Waals surface area contributed by atoms with Gasteiger partial charge in [0.1, 0.15) is 42.7 Å². The fraction of sp³-hybridized carbons (Fsp3) is 0.848. The van der Waals surface area contributed by atoms with E-state index in [2.05, 4.69) is 12.4 Å². The summed E-state index contributed by atoms with van der Waals surface area (Å²) < 4.78 is 16.6. The van der Waals surface area contributed by atoms with Gasteiger partial charge < -0.3 is 44.8 Å². The lowest BCUT2D eigenvalue weighted by Crippen LogP contribution is -2.59. The van der Waals surface area contributed by atoms with Crippen LogP contribution in [0.25, 0.3) is 0 Å². The minimum Gasteiger partial charge on any atom is -0.394 e. The van der Waals surface area contributed by atoms with Crippen LogP contribution in [0, 0.1) is 0 Å². The number of hydrogen-bond acceptors (Lipinski definition) is 11. The number of unbranched alkanes of at least 4 members (excludes halogenated alkanes) is 22. The van der Waals surface area contributed by atoms with E-state index in [1.165, 1.54) is 122 Å². The number of hydroxylamine groups is 1. The molecule has 0 aliphatic carbocycles. The number of rotatable bonds is 38. The zero-order valence-corrected chi connectivity index (χ0v) is 35.9. The monoisotopic (exact) mass is 826 g/mol. The Morgan fingerprint density at radius 1 is 0.672 bits per heavy atom. The fourth-order valence-electron chi connectivity index (χ4n) is 7.43. The highest BCUT2D eigenvalue weighted by molar-refractivity contribution is 5.74. The molecule has 0 spiro atoms. The number of aliphatic hydroxyl groups is 6. The molecule has 0 radical (unpaired) electrons. The van der Waals surface area contributed by atoms with Crippen LogP contribution in [0.4, 0.5) is 0 Å². The van der Waals surface area contributed by atoms with Crippen molar-refractivity contribution in [3.8, 4) is 0 Å². The van der Waals surface area contributed by atoms with Gasteiger partial charge in [-0.1, -0.05) is 179 Å². The normalized spacial score (nSPS) is 21.2. The summed E-state index contributed by atoms with van der Waals surface area (Å²) in [7, 11) is 0. The van der Waals surface area contributed by atoms with E-state index in [1.807, 2.05) is 30.3 Å². The maximum Gasteiger partial charge on any atom is 0.243 e. The van der Waals surface area contributed by atoms with E-state index in [1.54, 1.807) is 0 Å². The topological polar surface area (TPSA) is 187 Å². The standard InChI is InChI=1S/C46H83NO11/c1-2-3-4-5-6-7-8-9-10-11-12-13-14-15-16-17-18-19-20-21-22-23-27-32-41(50)47-58-40(36-56-46-45(54)44(53)43(52)39(34-48)57-46)42(51)38(49)35-55-33-28-31-37-29-25-24-26-30-37/h24-26,29-30,38-40,42-46,48-49,51-54H,2-23,27-28,31-36H2,1H3,(H,47,50)/t38-,39-,40+,42-,43+,44+,45-,46+/m1/s1. The third kappa shape index (κ3) is 24.5.